The molecule has 2 N–H and O–H groups in total. The van der Waals surface area contributed by atoms with E-state index in [0.29, 0.717) is 45.3 Å². The minimum absolute atomic E-state index is 0.577. The van der Waals surface area contributed by atoms with Crippen LogP contribution in [0.2, 0.25) is 0 Å². The predicted molar refractivity (Wildman–Crippen MR) is 77.3 cm³/mol. The van der Waals surface area contributed by atoms with Crippen LogP contribution in [0.15, 0.2) is 0 Å². The summed E-state index contributed by atoms with van der Waals surface area (Å²) < 4.78 is 31.4. The fourth-order valence-corrected chi connectivity index (χ4v) is 3.89. The van der Waals surface area contributed by atoms with Crippen molar-refractivity contribution in [1.29, 1.82) is 0 Å². The van der Waals surface area contributed by atoms with E-state index in [9.17, 15) is 8.42 Å². The SMILES string of the molecule is CCNCC1CCN(S(=O)(=O)NN2CCOCC2)CC1. The summed E-state index contributed by atoms with van der Waals surface area (Å²) in [6.45, 7) is 7.63. The fraction of sp³-hybridized carbons (Fsp3) is 1.00. The van der Waals surface area contributed by atoms with Crippen molar-refractivity contribution < 1.29 is 13.2 Å². The summed E-state index contributed by atoms with van der Waals surface area (Å²) in [7, 11) is -3.39. The van der Waals surface area contributed by atoms with Crippen LogP contribution in [0.1, 0.15) is 19.8 Å². The maximum atomic E-state index is 12.3. The molecule has 2 fully saturated rings. The molecule has 2 heterocycles. The van der Waals surface area contributed by atoms with E-state index in [0.717, 1.165) is 25.9 Å². The second-order valence-electron chi connectivity index (χ2n) is 5.35. The van der Waals surface area contributed by atoms with Gasteiger partial charge in [-0.2, -0.15) is 12.7 Å². The number of piperidine rings is 1. The van der Waals surface area contributed by atoms with Gasteiger partial charge in [-0.15, -0.1) is 4.83 Å². The normalized spacial score (nSPS) is 24.1. The van der Waals surface area contributed by atoms with Gasteiger partial charge < -0.3 is 10.1 Å². The standard InChI is InChI=1S/C12H26N4O3S/c1-2-13-11-12-3-5-16(6-4-12)20(17,18)14-15-7-9-19-10-8-15/h12-14H,2-11H2,1H3. The van der Waals surface area contributed by atoms with Crippen molar-refractivity contribution in [3.05, 3.63) is 0 Å². The number of nitrogens with one attached hydrogen (secondary N) is 2. The van der Waals surface area contributed by atoms with Crippen LogP contribution in [-0.2, 0) is 14.9 Å². The predicted octanol–water partition coefficient (Wildman–Crippen LogP) is -0.610. The lowest BCUT2D eigenvalue weighted by Crippen LogP contribution is -2.54. The maximum absolute atomic E-state index is 12.3. The molecule has 0 aromatic heterocycles. The molecule has 8 heteroatoms. The maximum Gasteiger partial charge on any atom is 0.292 e. The second kappa shape index (κ2) is 7.67. The van der Waals surface area contributed by atoms with Crippen LogP contribution in [0.25, 0.3) is 0 Å². The van der Waals surface area contributed by atoms with Crippen molar-refractivity contribution in [2.45, 2.75) is 19.8 Å². The average Bonchev–Trinajstić information content (AvgIpc) is 2.46. The van der Waals surface area contributed by atoms with Gasteiger partial charge in [0.15, 0.2) is 0 Å². The molecule has 0 aromatic rings. The Morgan fingerprint density at radius 1 is 1.15 bits per heavy atom. The Kier molecular flexibility index (Phi) is 6.19. The van der Waals surface area contributed by atoms with E-state index in [2.05, 4.69) is 17.1 Å². The molecule has 0 saturated carbocycles. The Labute approximate surface area is 121 Å². The lowest BCUT2D eigenvalue weighted by molar-refractivity contribution is 0.0259. The molecule has 0 radical (unpaired) electrons. The Morgan fingerprint density at radius 2 is 1.80 bits per heavy atom. The van der Waals surface area contributed by atoms with E-state index >= 15 is 0 Å². The van der Waals surface area contributed by atoms with Crippen molar-refractivity contribution >= 4 is 10.2 Å². The molecule has 20 heavy (non-hydrogen) atoms. The first kappa shape index (κ1) is 16.1. The quantitative estimate of drug-likeness (QED) is 0.685. The third-order valence-electron chi connectivity index (χ3n) is 3.85. The molecule has 2 aliphatic rings. The van der Waals surface area contributed by atoms with Crippen molar-refractivity contribution in [2.75, 3.05) is 52.5 Å². The van der Waals surface area contributed by atoms with E-state index in [-0.39, 0.29) is 0 Å². The van der Waals surface area contributed by atoms with Crippen LogP contribution in [0.3, 0.4) is 0 Å². The van der Waals surface area contributed by atoms with Gasteiger partial charge in [-0.05, 0) is 31.8 Å². The number of nitrogens with zero attached hydrogens (tertiary/aromatic N) is 2. The van der Waals surface area contributed by atoms with E-state index in [1.165, 1.54) is 0 Å². The van der Waals surface area contributed by atoms with Crippen molar-refractivity contribution in [2.24, 2.45) is 5.92 Å². The minimum Gasteiger partial charge on any atom is -0.379 e. The highest BCUT2D eigenvalue weighted by molar-refractivity contribution is 7.87. The Morgan fingerprint density at radius 3 is 2.40 bits per heavy atom. The summed E-state index contributed by atoms with van der Waals surface area (Å²) in [5.74, 6) is 0.588. The molecule has 0 aromatic carbocycles. The molecule has 2 saturated heterocycles. The van der Waals surface area contributed by atoms with Crippen LogP contribution < -0.4 is 10.1 Å². The van der Waals surface area contributed by atoms with Crippen LogP contribution in [0.4, 0.5) is 0 Å². The zero-order valence-corrected chi connectivity index (χ0v) is 13.0. The van der Waals surface area contributed by atoms with Gasteiger partial charge in [0.05, 0.1) is 13.2 Å². The summed E-state index contributed by atoms with van der Waals surface area (Å²) in [5.41, 5.74) is 0. The van der Waals surface area contributed by atoms with Gasteiger partial charge in [0.1, 0.15) is 0 Å². The Bertz CT molecular complexity index is 376. The highest BCUT2D eigenvalue weighted by Crippen LogP contribution is 2.18. The van der Waals surface area contributed by atoms with Crippen LogP contribution in [0, 0.1) is 5.92 Å². The van der Waals surface area contributed by atoms with Crippen LogP contribution in [-0.4, -0.2) is 70.2 Å². The monoisotopic (exact) mass is 306 g/mol. The van der Waals surface area contributed by atoms with Crippen LogP contribution in [0.5, 0.6) is 0 Å². The van der Waals surface area contributed by atoms with E-state index < -0.39 is 10.2 Å². The lowest BCUT2D eigenvalue weighted by atomic mass is 9.98. The smallest absolute Gasteiger partial charge is 0.292 e. The molecule has 0 aliphatic carbocycles. The summed E-state index contributed by atoms with van der Waals surface area (Å²) in [6.07, 6.45) is 1.86. The highest BCUT2D eigenvalue weighted by atomic mass is 32.2. The molecule has 118 valence electrons. The molecular weight excluding hydrogens is 280 g/mol. The molecule has 0 amide bonds. The first-order valence-electron chi connectivity index (χ1n) is 7.42. The zero-order valence-electron chi connectivity index (χ0n) is 12.2. The third kappa shape index (κ3) is 4.64. The van der Waals surface area contributed by atoms with Gasteiger partial charge >= 0.3 is 0 Å². The fourth-order valence-electron chi connectivity index (χ4n) is 2.58. The number of ether oxygens (including phenoxy) is 1. The summed E-state index contributed by atoms with van der Waals surface area (Å²) in [4.78, 5) is 2.66. The van der Waals surface area contributed by atoms with Crippen molar-refractivity contribution in [3.63, 3.8) is 0 Å². The molecule has 0 atom stereocenters. The number of hydrogen-bond donors (Lipinski definition) is 2. The van der Waals surface area contributed by atoms with Gasteiger partial charge in [-0.25, -0.2) is 5.01 Å². The Balaban J connectivity index is 1.79. The van der Waals surface area contributed by atoms with E-state index in [1.54, 1.807) is 9.31 Å². The van der Waals surface area contributed by atoms with E-state index in [4.69, 9.17) is 4.74 Å². The molecule has 7 nitrogen and oxygen atoms in total. The highest BCUT2D eigenvalue weighted by Gasteiger charge is 2.29. The third-order valence-corrected chi connectivity index (χ3v) is 5.39. The number of morpholine rings is 1. The Hall–Kier alpha value is -0.250. The zero-order chi connectivity index (χ0) is 14.4. The van der Waals surface area contributed by atoms with Crippen molar-refractivity contribution in [3.8, 4) is 0 Å². The van der Waals surface area contributed by atoms with Gasteiger partial charge in [0.25, 0.3) is 10.2 Å². The molecule has 0 bridgehead atoms. The van der Waals surface area contributed by atoms with Gasteiger partial charge in [0, 0.05) is 26.2 Å². The topological polar surface area (TPSA) is 73.9 Å². The summed E-state index contributed by atoms with van der Waals surface area (Å²) in [6, 6.07) is 0. The number of hydrazine groups is 1. The molecule has 0 spiro atoms. The van der Waals surface area contributed by atoms with Crippen LogP contribution >= 0.6 is 0 Å². The molecule has 0 unspecified atom stereocenters. The first-order chi connectivity index (χ1) is 9.62. The minimum atomic E-state index is -3.39. The second-order valence-corrected chi connectivity index (χ2v) is 6.99. The molecule has 2 aliphatic heterocycles. The lowest BCUT2D eigenvalue weighted by Gasteiger charge is -2.34. The van der Waals surface area contributed by atoms with Gasteiger partial charge in [0.2, 0.25) is 0 Å². The summed E-state index contributed by atoms with van der Waals surface area (Å²) >= 11 is 0. The van der Waals surface area contributed by atoms with E-state index in [1.807, 2.05) is 0 Å². The van der Waals surface area contributed by atoms with Gasteiger partial charge in [-0.1, -0.05) is 6.92 Å². The van der Waals surface area contributed by atoms with Gasteiger partial charge in [-0.3, -0.25) is 0 Å². The molecular formula is C12H26N4O3S. The number of hydrogen-bond acceptors (Lipinski definition) is 5. The average molecular weight is 306 g/mol. The number of rotatable bonds is 6. The largest absolute Gasteiger partial charge is 0.379 e. The molecule has 2 rings (SSSR count). The van der Waals surface area contributed by atoms with Crippen molar-refractivity contribution in [1.82, 2.24) is 19.5 Å². The first-order valence-corrected chi connectivity index (χ1v) is 8.86. The summed E-state index contributed by atoms with van der Waals surface area (Å²) in [5, 5.41) is 5.06.